The third kappa shape index (κ3) is 2.16. The molecule has 1 aromatic rings. The minimum Gasteiger partial charge on any atom is -0.382 e. The molecular weight excluding hydrogens is 262 g/mol. The van der Waals surface area contributed by atoms with Crippen molar-refractivity contribution >= 4 is 5.84 Å². The Labute approximate surface area is 126 Å². The van der Waals surface area contributed by atoms with E-state index in [2.05, 4.69) is 25.8 Å². The zero-order valence-electron chi connectivity index (χ0n) is 13.1. The van der Waals surface area contributed by atoms with Gasteiger partial charge in [-0.25, -0.2) is 0 Å². The van der Waals surface area contributed by atoms with Gasteiger partial charge in [-0.3, -0.25) is 10.4 Å². The van der Waals surface area contributed by atoms with Crippen LogP contribution in [-0.2, 0) is 11.3 Å². The van der Waals surface area contributed by atoms with Crippen LogP contribution in [0, 0.1) is 22.2 Å². The summed E-state index contributed by atoms with van der Waals surface area (Å²) in [5.41, 5.74) is 7.71. The molecule has 3 N–H and O–H groups in total. The van der Waals surface area contributed by atoms with Crippen LogP contribution in [0.3, 0.4) is 0 Å². The van der Waals surface area contributed by atoms with Crippen molar-refractivity contribution in [3.05, 3.63) is 29.6 Å². The van der Waals surface area contributed by atoms with Crippen LogP contribution < -0.4 is 5.73 Å². The summed E-state index contributed by atoms with van der Waals surface area (Å²) in [4.78, 5) is 4.09. The maximum atomic E-state index is 7.46. The summed E-state index contributed by atoms with van der Waals surface area (Å²) in [6.07, 6.45) is 5.81. The molecule has 114 valence electrons. The van der Waals surface area contributed by atoms with Gasteiger partial charge in [-0.05, 0) is 53.7 Å². The van der Waals surface area contributed by atoms with Crippen LogP contribution in [0.5, 0.6) is 0 Å². The van der Waals surface area contributed by atoms with Gasteiger partial charge in [0.05, 0.1) is 12.7 Å². The van der Waals surface area contributed by atoms with Crippen LogP contribution in [0.1, 0.15) is 51.3 Å². The van der Waals surface area contributed by atoms with Gasteiger partial charge in [-0.15, -0.1) is 0 Å². The number of hydrogen-bond acceptors (Lipinski definition) is 3. The normalized spacial score (nSPS) is 33.3. The van der Waals surface area contributed by atoms with Gasteiger partial charge in [0, 0.05) is 6.20 Å². The highest BCUT2D eigenvalue weighted by Crippen LogP contribution is 2.66. The molecule has 2 bridgehead atoms. The SMILES string of the molecule is CC1(C)C2CCC1(C)C(OCc1ccnc(C(=N)N)c1)C2. The number of nitrogen functional groups attached to an aromatic ring is 1. The number of amidine groups is 1. The van der Waals surface area contributed by atoms with Crippen LogP contribution in [0.4, 0.5) is 0 Å². The van der Waals surface area contributed by atoms with Crippen molar-refractivity contribution in [2.45, 2.75) is 52.7 Å². The summed E-state index contributed by atoms with van der Waals surface area (Å²) in [7, 11) is 0. The largest absolute Gasteiger partial charge is 0.382 e. The molecule has 0 amide bonds. The number of fused-ring (bicyclic) bond motifs is 2. The third-order valence-corrected chi connectivity index (χ3v) is 6.27. The van der Waals surface area contributed by atoms with Crippen molar-refractivity contribution in [2.24, 2.45) is 22.5 Å². The highest BCUT2D eigenvalue weighted by atomic mass is 16.5. The summed E-state index contributed by atoms with van der Waals surface area (Å²) in [6.45, 7) is 7.76. The van der Waals surface area contributed by atoms with E-state index in [1.807, 2.05) is 12.1 Å². The molecule has 4 nitrogen and oxygen atoms in total. The van der Waals surface area contributed by atoms with Crippen molar-refractivity contribution in [1.82, 2.24) is 4.98 Å². The number of rotatable bonds is 4. The van der Waals surface area contributed by atoms with Gasteiger partial charge in [-0.1, -0.05) is 20.8 Å². The van der Waals surface area contributed by atoms with Gasteiger partial charge in [0.2, 0.25) is 0 Å². The number of nitrogens with two attached hydrogens (primary N) is 1. The average Bonchev–Trinajstić information content (AvgIpc) is 2.78. The molecule has 21 heavy (non-hydrogen) atoms. The summed E-state index contributed by atoms with van der Waals surface area (Å²) >= 11 is 0. The number of hydrogen-bond donors (Lipinski definition) is 2. The number of pyridine rings is 1. The maximum Gasteiger partial charge on any atom is 0.141 e. The Kier molecular flexibility index (Phi) is 3.32. The molecule has 3 unspecified atom stereocenters. The van der Waals surface area contributed by atoms with Crippen molar-refractivity contribution in [1.29, 1.82) is 5.41 Å². The van der Waals surface area contributed by atoms with E-state index in [0.717, 1.165) is 11.5 Å². The van der Waals surface area contributed by atoms with E-state index in [1.54, 1.807) is 6.20 Å². The van der Waals surface area contributed by atoms with Crippen molar-refractivity contribution < 1.29 is 4.74 Å². The minimum atomic E-state index is 0.00451. The molecule has 1 aromatic heterocycles. The van der Waals surface area contributed by atoms with Gasteiger partial charge in [0.25, 0.3) is 0 Å². The smallest absolute Gasteiger partial charge is 0.141 e. The molecule has 2 aliphatic carbocycles. The van der Waals surface area contributed by atoms with Crippen LogP contribution in [0.15, 0.2) is 18.3 Å². The summed E-state index contributed by atoms with van der Waals surface area (Å²) < 4.78 is 6.26. The topological polar surface area (TPSA) is 72.0 Å². The number of aromatic nitrogens is 1. The molecule has 3 atom stereocenters. The second kappa shape index (κ2) is 4.80. The standard InChI is InChI=1S/C17H25N3O/c1-16(2)12-4-6-17(16,3)14(9-12)21-10-11-5-7-20-13(8-11)15(18)19/h5,7-8,12,14H,4,6,9-10H2,1-3H3,(H3,18,19). The van der Waals surface area contributed by atoms with Gasteiger partial charge < -0.3 is 10.5 Å². The Hall–Kier alpha value is -1.42. The fourth-order valence-corrected chi connectivity index (χ4v) is 4.29. The van der Waals surface area contributed by atoms with Crippen LogP contribution in [0.25, 0.3) is 0 Å². The van der Waals surface area contributed by atoms with E-state index < -0.39 is 0 Å². The van der Waals surface area contributed by atoms with E-state index in [-0.39, 0.29) is 11.3 Å². The molecule has 0 aromatic carbocycles. The highest BCUT2D eigenvalue weighted by Gasteiger charge is 2.61. The van der Waals surface area contributed by atoms with Crippen LogP contribution in [-0.4, -0.2) is 16.9 Å². The summed E-state index contributed by atoms with van der Waals surface area (Å²) in [5.74, 6) is 0.794. The Balaban J connectivity index is 1.69. The van der Waals surface area contributed by atoms with E-state index >= 15 is 0 Å². The van der Waals surface area contributed by atoms with E-state index in [1.165, 1.54) is 19.3 Å². The van der Waals surface area contributed by atoms with E-state index in [0.29, 0.717) is 23.8 Å². The molecule has 2 saturated carbocycles. The lowest BCUT2D eigenvalue weighted by Crippen LogP contribution is -2.37. The van der Waals surface area contributed by atoms with Gasteiger partial charge in [-0.2, -0.15) is 0 Å². The number of ether oxygens (including phenoxy) is 1. The monoisotopic (exact) mass is 287 g/mol. The first-order chi connectivity index (χ1) is 9.84. The quantitative estimate of drug-likeness (QED) is 0.660. The molecule has 2 aliphatic rings. The number of nitrogens with zero attached hydrogens (tertiary/aromatic N) is 1. The molecule has 0 spiro atoms. The lowest BCUT2D eigenvalue weighted by molar-refractivity contribution is -0.0550. The van der Waals surface area contributed by atoms with Gasteiger partial charge >= 0.3 is 0 Å². The third-order valence-electron chi connectivity index (χ3n) is 6.27. The molecule has 1 heterocycles. The van der Waals surface area contributed by atoms with Crippen molar-refractivity contribution in [2.75, 3.05) is 0 Å². The van der Waals surface area contributed by atoms with E-state index in [4.69, 9.17) is 15.9 Å². The van der Waals surface area contributed by atoms with Crippen molar-refractivity contribution in [3.8, 4) is 0 Å². The first-order valence-electron chi connectivity index (χ1n) is 7.75. The summed E-state index contributed by atoms with van der Waals surface area (Å²) in [5, 5.41) is 7.46. The Morgan fingerprint density at radius 1 is 1.48 bits per heavy atom. The van der Waals surface area contributed by atoms with Gasteiger partial charge in [0.15, 0.2) is 0 Å². The van der Waals surface area contributed by atoms with Crippen molar-refractivity contribution in [3.63, 3.8) is 0 Å². The van der Waals surface area contributed by atoms with Crippen LogP contribution >= 0.6 is 0 Å². The fourth-order valence-electron chi connectivity index (χ4n) is 4.29. The van der Waals surface area contributed by atoms with E-state index in [9.17, 15) is 0 Å². The Morgan fingerprint density at radius 2 is 2.24 bits per heavy atom. The molecule has 0 radical (unpaired) electrons. The Morgan fingerprint density at radius 3 is 2.81 bits per heavy atom. The lowest BCUT2D eigenvalue weighted by atomic mass is 9.70. The second-order valence-corrected chi connectivity index (χ2v) is 7.37. The molecule has 3 rings (SSSR count). The zero-order chi connectivity index (χ0) is 15.3. The molecule has 2 fully saturated rings. The van der Waals surface area contributed by atoms with Gasteiger partial charge in [0.1, 0.15) is 11.5 Å². The molecule has 4 heteroatoms. The highest BCUT2D eigenvalue weighted by molar-refractivity contribution is 5.93. The maximum absolute atomic E-state index is 7.46. The molecule has 0 aliphatic heterocycles. The predicted octanol–water partition coefficient (Wildman–Crippen LogP) is 3.10. The predicted molar refractivity (Wildman–Crippen MR) is 83.1 cm³/mol. The molecule has 0 saturated heterocycles. The average molecular weight is 287 g/mol. The number of nitrogens with one attached hydrogen (secondary N) is 1. The lowest BCUT2D eigenvalue weighted by Gasteiger charge is -2.38. The minimum absolute atomic E-state index is 0.00451. The first kappa shape index (κ1) is 14.5. The first-order valence-corrected chi connectivity index (χ1v) is 7.75. The molecular formula is C17H25N3O. The Bertz CT molecular complexity index is 569. The fraction of sp³-hybridized carbons (Fsp3) is 0.647. The summed E-state index contributed by atoms with van der Waals surface area (Å²) in [6, 6.07) is 3.79. The van der Waals surface area contributed by atoms with Crippen LogP contribution in [0.2, 0.25) is 0 Å². The second-order valence-electron chi connectivity index (χ2n) is 7.37. The zero-order valence-corrected chi connectivity index (χ0v) is 13.1.